The van der Waals surface area contributed by atoms with Gasteiger partial charge in [0.1, 0.15) is 17.7 Å². The Kier molecular flexibility index (Phi) is 7.04. The van der Waals surface area contributed by atoms with Crippen LogP contribution in [0.15, 0.2) is 23.4 Å². The van der Waals surface area contributed by atoms with Crippen molar-refractivity contribution in [3.63, 3.8) is 0 Å². The number of hydrogen-bond donors (Lipinski definition) is 3. The molecule has 1 saturated heterocycles. The van der Waals surface area contributed by atoms with Crippen LogP contribution in [0.5, 0.6) is 0 Å². The first-order valence-corrected chi connectivity index (χ1v) is 11.2. The van der Waals surface area contributed by atoms with Gasteiger partial charge in [-0.2, -0.15) is 0 Å². The van der Waals surface area contributed by atoms with E-state index < -0.39 is 34.9 Å². The Balaban J connectivity index is 1.76. The number of thioether (sulfide) groups is 1. The molecule has 31 heavy (non-hydrogen) atoms. The molecule has 0 spiro atoms. The van der Waals surface area contributed by atoms with Crippen LogP contribution in [-0.2, 0) is 41.6 Å². The van der Waals surface area contributed by atoms with Gasteiger partial charge in [-0.05, 0) is 19.2 Å². The summed E-state index contributed by atoms with van der Waals surface area (Å²) in [5.41, 5.74) is -1.59. The maximum absolute atomic E-state index is 13.0. The van der Waals surface area contributed by atoms with Gasteiger partial charge in [-0.15, -0.1) is 23.1 Å². The topological polar surface area (TPSA) is 134 Å². The second-order valence-corrected chi connectivity index (χ2v) is 9.26. The van der Waals surface area contributed by atoms with Gasteiger partial charge < -0.3 is 25.2 Å². The minimum Gasteiger partial charge on any atom is -0.477 e. The highest BCUT2D eigenvalue weighted by Gasteiger charge is 2.66. The SMILES string of the molecule is CNCc1ccc(CC(=O)N[C@]2(OC)C(=O)N3C(C(=O)O)=C(COC(C)=O)CS[C@H]32)s1. The van der Waals surface area contributed by atoms with E-state index in [0.717, 1.165) is 14.7 Å². The Morgan fingerprint density at radius 3 is 2.65 bits per heavy atom. The van der Waals surface area contributed by atoms with Crippen LogP contribution >= 0.6 is 23.1 Å². The van der Waals surface area contributed by atoms with Gasteiger partial charge in [0.15, 0.2) is 0 Å². The number of nitrogens with zero attached hydrogens (tertiary/aromatic N) is 1. The van der Waals surface area contributed by atoms with E-state index in [-0.39, 0.29) is 24.5 Å². The van der Waals surface area contributed by atoms with Crippen LogP contribution in [0.25, 0.3) is 0 Å². The molecule has 0 bridgehead atoms. The number of fused-ring (bicyclic) bond motifs is 1. The summed E-state index contributed by atoms with van der Waals surface area (Å²) < 4.78 is 10.3. The summed E-state index contributed by atoms with van der Waals surface area (Å²) in [5.74, 6) is -2.74. The van der Waals surface area contributed by atoms with Crippen molar-refractivity contribution in [3.05, 3.63) is 33.2 Å². The second-order valence-electron chi connectivity index (χ2n) is 6.94. The Morgan fingerprint density at radius 2 is 2.03 bits per heavy atom. The molecule has 2 amide bonds. The number of carbonyl (C=O) groups excluding carboxylic acids is 3. The number of nitrogens with one attached hydrogen (secondary N) is 2. The zero-order chi connectivity index (χ0) is 22.8. The van der Waals surface area contributed by atoms with E-state index in [1.165, 1.54) is 37.1 Å². The summed E-state index contributed by atoms with van der Waals surface area (Å²) >= 11 is 2.73. The number of methoxy groups -OCH3 is 1. The van der Waals surface area contributed by atoms with Crippen LogP contribution in [-0.4, -0.2) is 71.4 Å². The Hall–Kier alpha value is -2.41. The lowest BCUT2D eigenvalue weighted by Gasteiger charge is -2.55. The van der Waals surface area contributed by atoms with Crippen LogP contribution in [0, 0.1) is 0 Å². The van der Waals surface area contributed by atoms with Crippen LogP contribution < -0.4 is 10.6 Å². The number of β-lactam (4-membered cyclic amide) rings is 1. The van der Waals surface area contributed by atoms with Gasteiger partial charge in [0, 0.05) is 41.7 Å². The van der Waals surface area contributed by atoms with Crippen LogP contribution in [0.3, 0.4) is 0 Å². The van der Waals surface area contributed by atoms with E-state index in [0.29, 0.717) is 12.1 Å². The normalized spacial score (nSPS) is 22.6. The van der Waals surface area contributed by atoms with Gasteiger partial charge in [-0.1, -0.05) is 0 Å². The number of aliphatic carboxylic acids is 1. The Bertz CT molecular complexity index is 945. The molecule has 0 unspecified atom stereocenters. The number of thiophene rings is 1. The summed E-state index contributed by atoms with van der Waals surface area (Å²) in [6.07, 6.45) is 0.0729. The minimum absolute atomic E-state index is 0.0729. The number of ether oxygens (including phenoxy) is 2. The molecule has 10 nitrogen and oxygen atoms in total. The number of hydrogen-bond acceptors (Lipinski definition) is 9. The summed E-state index contributed by atoms with van der Waals surface area (Å²) in [7, 11) is 3.13. The van der Waals surface area contributed by atoms with Crippen molar-refractivity contribution in [1.29, 1.82) is 0 Å². The van der Waals surface area contributed by atoms with Gasteiger partial charge >= 0.3 is 11.9 Å². The van der Waals surface area contributed by atoms with E-state index in [2.05, 4.69) is 10.6 Å². The first-order valence-electron chi connectivity index (χ1n) is 9.35. The van der Waals surface area contributed by atoms with Gasteiger partial charge in [0.2, 0.25) is 5.91 Å². The van der Waals surface area contributed by atoms with Gasteiger partial charge in [0.25, 0.3) is 11.6 Å². The van der Waals surface area contributed by atoms with Crippen molar-refractivity contribution < 1.29 is 33.8 Å². The molecule has 1 aromatic heterocycles. The molecule has 12 heteroatoms. The summed E-state index contributed by atoms with van der Waals surface area (Å²) in [6.45, 7) is 1.69. The summed E-state index contributed by atoms with van der Waals surface area (Å²) in [5, 5.41) is 14.6. The third-order valence-electron chi connectivity index (χ3n) is 4.81. The molecule has 3 heterocycles. The lowest BCUT2D eigenvalue weighted by Crippen LogP contribution is -2.80. The zero-order valence-electron chi connectivity index (χ0n) is 17.2. The van der Waals surface area contributed by atoms with Crippen LogP contribution in [0.1, 0.15) is 16.7 Å². The highest BCUT2D eigenvalue weighted by molar-refractivity contribution is 8.00. The predicted molar refractivity (Wildman–Crippen MR) is 113 cm³/mol. The third-order valence-corrected chi connectivity index (χ3v) is 7.27. The van der Waals surface area contributed by atoms with E-state index in [1.807, 2.05) is 19.2 Å². The number of rotatable bonds is 9. The van der Waals surface area contributed by atoms with Gasteiger partial charge in [-0.25, -0.2) is 4.79 Å². The maximum atomic E-state index is 13.0. The molecule has 2 atom stereocenters. The second kappa shape index (κ2) is 9.39. The average molecular weight is 470 g/mol. The minimum atomic E-state index is -1.65. The van der Waals surface area contributed by atoms with E-state index >= 15 is 0 Å². The number of esters is 1. The van der Waals surface area contributed by atoms with E-state index in [9.17, 15) is 24.3 Å². The molecule has 1 aromatic rings. The molecule has 1 fully saturated rings. The molecule has 0 saturated carbocycles. The molecular formula is C19H23N3O7S2. The largest absolute Gasteiger partial charge is 0.477 e. The van der Waals surface area contributed by atoms with Crippen molar-refractivity contribution in [2.45, 2.75) is 31.0 Å². The number of carboxylic acids is 1. The fraction of sp³-hybridized carbons (Fsp3) is 0.474. The molecule has 0 radical (unpaired) electrons. The Morgan fingerprint density at radius 1 is 1.32 bits per heavy atom. The first kappa shape index (κ1) is 23.3. The lowest BCUT2D eigenvalue weighted by molar-refractivity contribution is -0.192. The zero-order valence-corrected chi connectivity index (χ0v) is 18.9. The van der Waals surface area contributed by atoms with E-state index in [1.54, 1.807) is 0 Å². The predicted octanol–water partition coefficient (Wildman–Crippen LogP) is 0.286. The molecule has 0 aliphatic carbocycles. The van der Waals surface area contributed by atoms with Crippen molar-refractivity contribution in [2.75, 3.05) is 26.5 Å². The molecule has 3 rings (SSSR count). The fourth-order valence-corrected chi connectivity index (χ4v) is 5.89. The lowest BCUT2D eigenvalue weighted by atomic mass is 9.98. The molecule has 3 N–H and O–H groups in total. The van der Waals surface area contributed by atoms with Crippen molar-refractivity contribution >= 4 is 46.9 Å². The maximum Gasteiger partial charge on any atom is 0.352 e. The van der Waals surface area contributed by atoms with Crippen LogP contribution in [0.4, 0.5) is 0 Å². The monoisotopic (exact) mass is 469 g/mol. The van der Waals surface area contributed by atoms with Gasteiger partial charge in [0.05, 0.1) is 6.42 Å². The average Bonchev–Trinajstić information content (AvgIpc) is 3.16. The summed E-state index contributed by atoms with van der Waals surface area (Å²) in [6, 6.07) is 3.78. The highest BCUT2D eigenvalue weighted by Crippen LogP contribution is 2.46. The van der Waals surface area contributed by atoms with E-state index in [4.69, 9.17) is 9.47 Å². The molecular weight excluding hydrogens is 446 g/mol. The molecule has 2 aliphatic rings. The highest BCUT2D eigenvalue weighted by atomic mass is 32.2. The quantitative estimate of drug-likeness (QED) is 0.265. The summed E-state index contributed by atoms with van der Waals surface area (Å²) in [4.78, 5) is 51.6. The Labute approximate surface area is 186 Å². The molecule has 0 aromatic carbocycles. The number of carboxylic acid groups (broad SMARTS) is 1. The standard InChI is InChI=1S/C19H23N3O7S2/c1-10(23)29-8-11-9-30-18-19(28-3,17(27)22(18)15(11)16(25)26)21-14(24)6-12-4-5-13(31-12)7-20-2/h4-5,18,20H,6-9H2,1-3H3,(H,21,24)(H,25,26)/t18-,19-/m0/s1. The molecule has 168 valence electrons. The smallest absolute Gasteiger partial charge is 0.352 e. The number of carbonyl (C=O) groups is 4. The first-order chi connectivity index (χ1) is 14.7. The van der Waals surface area contributed by atoms with Crippen molar-refractivity contribution in [2.24, 2.45) is 0 Å². The van der Waals surface area contributed by atoms with Crippen LogP contribution in [0.2, 0.25) is 0 Å². The third kappa shape index (κ3) is 4.47. The fourth-order valence-electron chi connectivity index (χ4n) is 3.44. The van der Waals surface area contributed by atoms with Crippen molar-refractivity contribution in [3.8, 4) is 0 Å². The number of amides is 2. The van der Waals surface area contributed by atoms with Crippen molar-refractivity contribution in [1.82, 2.24) is 15.5 Å². The van der Waals surface area contributed by atoms with Gasteiger partial charge in [-0.3, -0.25) is 19.3 Å². The molecule has 2 aliphatic heterocycles.